The van der Waals surface area contributed by atoms with Crippen molar-refractivity contribution in [3.8, 4) is 5.75 Å². The maximum atomic E-state index is 12.4. The first-order valence-electron chi connectivity index (χ1n) is 7.81. The van der Waals surface area contributed by atoms with Crippen molar-refractivity contribution in [2.24, 2.45) is 5.92 Å². The standard InChI is InChI=1S/C16H21F3N2O3/c1-11(22)13-6-4-8-21(10-13)15(23)20-9-12-5-2-3-7-14(12)24-16(17,18)19/h2-3,5,7,11,13,22H,4,6,8-10H2,1H3,(H,20,23). The van der Waals surface area contributed by atoms with Crippen molar-refractivity contribution < 1.29 is 27.8 Å². The zero-order chi connectivity index (χ0) is 17.7. The molecule has 2 rings (SSSR count). The number of nitrogens with one attached hydrogen (secondary N) is 1. The van der Waals surface area contributed by atoms with Crippen LogP contribution in [0.1, 0.15) is 25.3 Å². The highest BCUT2D eigenvalue weighted by molar-refractivity contribution is 5.74. The number of carbonyl (C=O) groups excluding carboxylic acids is 1. The van der Waals surface area contributed by atoms with Gasteiger partial charge in [-0.05, 0) is 25.8 Å². The van der Waals surface area contributed by atoms with E-state index in [0.29, 0.717) is 13.1 Å². The van der Waals surface area contributed by atoms with E-state index in [4.69, 9.17) is 0 Å². The van der Waals surface area contributed by atoms with Crippen molar-refractivity contribution in [2.75, 3.05) is 13.1 Å². The molecule has 2 atom stereocenters. The Kier molecular flexibility index (Phi) is 5.93. The number of carbonyl (C=O) groups is 1. The van der Waals surface area contributed by atoms with E-state index >= 15 is 0 Å². The Balaban J connectivity index is 1.94. The minimum atomic E-state index is -4.78. The number of alkyl halides is 3. The Morgan fingerprint density at radius 3 is 2.83 bits per heavy atom. The first kappa shape index (κ1) is 18.4. The van der Waals surface area contributed by atoms with Gasteiger partial charge in [-0.15, -0.1) is 13.2 Å². The van der Waals surface area contributed by atoms with Gasteiger partial charge in [0.1, 0.15) is 5.75 Å². The van der Waals surface area contributed by atoms with Gasteiger partial charge >= 0.3 is 12.4 Å². The molecule has 1 heterocycles. The summed E-state index contributed by atoms with van der Waals surface area (Å²) >= 11 is 0. The van der Waals surface area contributed by atoms with Crippen molar-refractivity contribution in [1.82, 2.24) is 10.2 Å². The molecule has 2 amide bonds. The second kappa shape index (κ2) is 7.74. The topological polar surface area (TPSA) is 61.8 Å². The number of nitrogens with zero attached hydrogens (tertiary/aromatic N) is 1. The number of hydrogen-bond donors (Lipinski definition) is 2. The summed E-state index contributed by atoms with van der Waals surface area (Å²) in [5.74, 6) is -0.309. The SMILES string of the molecule is CC(O)C1CCCN(C(=O)NCc2ccccc2OC(F)(F)F)C1. The molecule has 1 aliphatic rings. The Morgan fingerprint density at radius 1 is 1.46 bits per heavy atom. The van der Waals surface area contributed by atoms with Gasteiger partial charge in [-0.1, -0.05) is 18.2 Å². The van der Waals surface area contributed by atoms with E-state index in [0.717, 1.165) is 12.8 Å². The average molecular weight is 346 g/mol. The zero-order valence-electron chi connectivity index (χ0n) is 13.3. The molecule has 134 valence electrons. The summed E-state index contributed by atoms with van der Waals surface area (Å²) < 4.78 is 41.1. The molecule has 0 radical (unpaired) electrons. The van der Waals surface area contributed by atoms with Crippen molar-refractivity contribution in [1.29, 1.82) is 0 Å². The van der Waals surface area contributed by atoms with Crippen LogP contribution in [0.15, 0.2) is 24.3 Å². The van der Waals surface area contributed by atoms with Gasteiger partial charge in [0.15, 0.2) is 0 Å². The van der Waals surface area contributed by atoms with E-state index in [2.05, 4.69) is 10.1 Å². The van der Waals surface area contributed by atoms with Crippen LogP contribution in [0.4, 0.5) is 18.0 Å². The summed E-state index contributed by atoms with van der Waals surface area (Å²) in [4.78, 5) is 13.8. The second-order valence-corrected chi connectivity index (χ2v) is 5.90. The maximum Gasteiger partial charge on any atom is 0.573 e. The van der Waals surface area contributed by atoms with Gasteiger partial charge in [0.05, 0.1) is 6.10 Å². The first-order chi connectivity index (χ1) is 11.3. The van der Waals surface area contributed by atoms with E-state index in [1.54, 1.807) is 17.9 Å². The van der Waals surface area contributed by atoms with E-state index in [9.17, 15) is 23.1 Å². The Bertz CT molecular complexity index is 564. The van der Waals surface area contributed by atoms with E-state index in [-0.39, 0.29) is 29.8 Å². The fourth-order valence-corrected chi connectivity index (χ4v) is 2.74. The predicted molar refractivity (Wildman–Crippen MR) is 81.3 cm³/mol. The lowest BCUT2D eigenvalue weighted by Crippen LogP contribution is -2.47. The number of para-hydroxylation sites is 1. The highest BCUT2D eigenvalue weighted by Crippen LogP contribution is 2.26. The van der Waals surface area contributed by atoms with Gasteiger partial charge in [-0.2, -0.15) is 0 Å². The number of halogens is 3. The quantitative estimate of drug-likeness (QED) is 0.881. The van der Waals surface area contributed by atoms with Gasteiger partial charge in [0, 0.05) is 31.1 Å². The van der Waals surface area contributed by atoms with E-state index in [1.807, 2.05) is 0 Å². The number of hydrogen-bond acceptors (Lipinski definition) is 3. The molecule has 1 aromatic carbocycles. The van der Waals surface area contributed by atoms with Crippen LogP contribution in [0.2, 0.25) is 0 Å². The van der Waals surface area contributed by atoms with Crippen molar-refractivity contribution >= 4 is 6.03 Å². The van der Waals surface area contributed by atoms with Crippen LogP contribution in [0.5, 0.6) is 5.75 Å². The third-order valence-electron chi connectivity index (χ3n) is 4.06. The number of urea groups is 1. The molecule has 0 bridgehead atoms. The van der Waals surface area contributed by atoms with Crippen LogP contribution in [0.3, 0.4) is 0 Å². The average Bonchev–Trinajstić information content (AvgIpc) is 2.52. The molecular weight excluding hydrogens is 325 g/mol. The molecule has 1 aromatic rings. The van der Waals surface area contributed by atoms with Crippen LogP contribution in [-0.2, 0) is 6.54 Å². The summed E-state index contributed by atoms with van der Waals surface area (Å²) in [5, 5.41) is 12.3. The van der Waals surface area contributed by atoms with Crippen LogP contribution in [-0.4, -0.2) is 41.6 Å². The highest BCUT2D eigenvalue weighted by atomic mass is 19.4. The minimum Gasteiger partial charge on any atom is -0.405 e. The number of aliphatic hydroxyl groups excluding tert-OH is 1. The fraction of sp³-hybridized carbons (Fsp3) is 0.562. The highest BCUT2D eigenvalue weighted by Gasteiger charge is 2.32. The van der Waals surface area contributed by atoms with Crippen molar-refractivity contribution in [2.45, 2.75) is 38.8 Å². The molecule has 1 saturated heterocycles. The van der Waals surface area contributed by atoms with Gasteiger partial charge in [-0.25, -0.2) is 4.79 Å². The predicted octanol–water partition coefficient (Wildman–Crippen LogP) is 2.89. The molecule has 0 aromatic heterocycles. The second-order valence-electron chi connectivity index (χ2n) is 5.90. The third-order valence-corrected chi connectivity index (χ3v) is 4.06. The summed E-state index contributed by atoms with van der Waals surface area (Å²) in [7, 11) is 0. The van der Waals surface area contributed by atoms with Crippen LogP contribution in [0, 0.1) is 5.92 Å². The third kappa shape index (κ3) is 5.30. The largest absolute Gasteiger partial charge is 0.573 e. The van der Waals surface area contributed by atoms with Gasteiger partial charge in [0.25, 0.3) is 0 Å². The molecule has 2 unspecified atom stereocenters. The van der Waals surface area contributed by atoms with Crippen LogP contribution >= 0.6 is 0 Å². The van der Waals surface area contributed by atoms with Crippen molar-refractivity contribution in [3.05, 3.63) is 29.8 Å². The van der Waals surface area contributed by atoms with E-state index < -0.39 is 12.5 Å². The molecule has 24 heavy (non-hydrogen) atoms. The van der Waals surface area contributed by atoms with Crippen LogP contribution < -0.4 is 10.1 Å². The molecule has 0 aliphatic carbocycles. The van der Waals surface area contributed by atoms with Gasteiger partial charge in [-0.3, -0.25) is 0 Å². The summed E-state index contributed by atoms with van der Waals surface area (Å²) in [6.45, 7) is 2.62. The molecule has 0 saturated carbocycles. The molecule has 2 N–H and O–H groups in total. The fourth-order valence-electron chi connectivity index (χ4n) is 2.74. The number of piperidine rings is 1. The van der Waals surface area contributed by atoms with Gasteiger partial charge < -0.3 is 20.1 Å². The molecule has 1 aliphatic heterocycles. The normalized spacial score (nSPS) is 19.7. The maximum absolute atomic E-state index is 12.4. The van der Waals surface area contributed by atoms with Crippen LogP contribution in [0.25, 0.3) is 0 Å². The summed E-state index contributed by atoms with van der Waals surface area (Å²) in [6.07, 6.45) is -3.64. The molecule has 5 nitrogen and oxygen atoms in total. The zero-order valence-corrected chi connectivity index (χ0v) is 13.3. The summed E-state index contributed by atoms with van der Waals surface area (Å²) in [6, 6.07) is 5.33. The molecule has 8 heteroatoms. The molecule has 1 fully saturated rings. The Hall–Kier alpha value is -1.96. The number of ether oxygens (including phenoxy) is 1. The number of amides is 2. The monoisotopic (exact) mass is 346 g/mol. The Labute approximate surface area is 138 Å². The lowest BCUT2D eigenvalue weighted by atomic mass is 9.94. The first-order valence-corrected chi connectivity index (χ1v) is 7.81. The number of likely N-dealkylation sites (tertiary alicyclic amines) is 1. The number of aliphatic hydroxyl groups is 1. The lowest BCUT2D eigenvalue weighted by Gasteiger charge is -2.34. The smallest absolute Gasteiger partial charge is 0.405 e. The minimum absolute atomic E-state index is 0.0188. The van der Waals surface area contributed by atoms with E-state index in [1.165, 1.54) is 18.2 Å². The summed E-state index contributed by atoms with van der Waals surface area (Å²) in [5.41, 5.74) is 0.243. The molecular formula is C16H21F3N2O3. The Morgan fingerprint density at radius 2 is 2.17 bits per heavy atom. The van der Waals surface area contributed by atoms with Gasteiger partial charge in [0.2, 0.25) is 0 Å². The number of rotatable bonds is 4. The van der Waals surface area contributed by atoms with Crippen molar-refractivity contribution in [3.63, 3.8) is 0 Å². The molecule has 0 spiro atoms. The lowest BCUT2D eigenvalue weighted by molar-refractivity contribution is -0.274. The number of benzene rings is 1.